The zero-order chi connectivity index (χ0) is 9.97. The molecule has 1 heterocycles. The topological polar surface area (TPSA) is 37.8 Å². The molecule has 14 heavy (non-hydrogen) atoms. The molecule has 0 saturated heterocycles. The molecule has 0 atom stereocenters. The molecular formula is C10H10ClN3. The zero-order valence-electron chi connectivity index (χ0n) is 7.79. The van der Waals surface area contributed by atoms with E-state index < -0.39 is 0 Å². The molecule has 2 aromatic rings. The van der Waals surface area contributed by atoms with E-state index in [1.165, 1.54) is 0 Å². The van der Waals surface area contributed by atoms with Crippen LogP contribution in [0.5, 0.6) is 0 Å². The summed E-state index contributed by atoms with van der Waals surface area (Å²) in [4.78, 5) is 8.37. The van der Waals surface area contributed by atoms with Crippen LogP contribution in [0.2, 0.25) is 5.02 Å². The summed E-state index contributed by atoms with van der Waals surface area (Å²) < 4.78 is 0. The molecule has 0 aliphatic carbocycles. The molecule has 0 fully saturated rings. The molecular weight excluding hydrogens is 198 g/mol. The van der Waals surface area contributed by atoms with Gasteiger partial charge in [-0.15, -0.1) is 0 Å². The summed E-state index contributed by atoms with van der Waals surface area (Å²) in [6.45, 7) is 0.737. The van der Waals surface area contributed by atoms with Crippen LogP contribution in [0.25, 0.3) is 10.9 Å². The van der Waals surface area contributed by atoms with Gasteiger partial charge in [-0.2, -0.15) is 0 Å². The molecule has 1 aromatic heterocycles. The Labute approximate surface area is 87.1 Å². The van der Waals surface area contributed by atoms with Crippen LogP contribution < -0.4 is 5.32 Å². The van der Waals surface area contributed by atoms with E-state index in [-0.39, 0.29) is 0 Å². The Balaban J connectivity index is 2.62. The van der Waals surface area contributed by atoms with Crippen LogP contribution in [-0.2, 0) is 6.54 Å². The maximum atomic E-state index is 5.87. The minimum atomic E-state index is 0.701. The van der Waals surface area contributed by atoms with Crippen LogP contribution in [0, 0.1) is 0 Å². The summed E-state index contributed by atoms with van der Waals surface area (Å²) in [5.74, 6) is 0. The first kappa shape index (κ1) is 9.37. The van der Waals surface area contributed by atoms with Crippen molar-refractivity contribution in [3.8, 4) is 0 Å². The highest BCUT2D eigenvalue weighted by Gasteiger charge is 2.02. The first-order valence-corrected chi connectivity index (χ1v) is 4.73. The molecule has 2 rings (SSSR count). The number of hydrogen-bond donors (Lipinski definition) is 1. The predicted octanol–water partition coefficient (Wildman–Crippen LogP) is 2.00. The number of benzene rings is 1. The van der Waals surface area contributed by atoms with Crippen molar-refractivity contribution >= 4 is 22.5 Å². The molecule has 1 N–H and O–H groups in total. The Morgan fingerprint density at radius 2 is 2.21 bits per heavy atom. The van der Waals surface area contributed by atoms with Crippen LogP contribution in [0.1, 0.15) is 5.69 Å². The molecule has 1 aromatic carbocycles. The van der Waals surface area contributed by atoms with Crippen molar-refractivity contribution in [1.82, 2.24) is 15.3 Å². The third-order valence-electron chi connectivity index (χ3n) is 2.03. The van der Waals surface area contributed by atoms with Gasteiger partial charge in [0.25, 0.3) is 0 Å². The maximum Gasteiger partial charge on any atom is 0.116 e. The second kappa shape index (κ2) is 3.90. The summed E-state index contributed by atoms with van der Waals surface area (Å²) in [5, 5.41) is 4.82. The average Bonchev–Trinajstić information content (AvgIpc) is 2.18. The quantitative estimate of drug-likeness (QED) is 0.819. The zero-order valence-corrected chi connectivity index (χ0v) is 8.54. The van der Waals surface area contributed by atoms with Gasteiger partial charge in [0.15, 0.2) is 0 Å². The first-order chi connectivity index (χ1) is 6.81. The standard InChI is InChI=1S/C10H10ClN3/c1-12-5-10-8-3-2-7(11)4-9(8)13-6-14-10/h2-4,6,12H,5H2,1H3. The van der Waals surface area contributed by atoms with Gasteiger partial charge in [-0.25, -0.2) is 9.97 Å². The summed E-state index contributed by atoms with van der Waals surface area (Å²) >= 11 is 5.87. The number of aromatic nitrogens is 2. The third-order valence-corrected chi connectivity index (χ3v) is 2.26. The van der Waals surface area contributed by atoms with E-state index in [9.17, 15) is 0 Å². The Hall–Kier alpha value is -1.19. The molecule has 0 radical (unpaired) electrons. The number of halogens is 1. The summed E-state index contributed by atoms with van der Waals surface area (Å²) in [5.41, 5.74) is 1.88. The maximum absolute atomic E-state index is 5.87. The fraction of sp³-hybridized carbons (Fsp3) is 0.200. The highest BCUT2D eigenvalue weighted by Crippen LogP contribution is 2.18. The van der Waals surface area contributed by atoms with E-state index in [1.54, 1.807) is 6.33 Å². The fourth-order valence-corrected chi connectivity index (χ4v) is 1.56. The van der Waals surface area contributed by atoms with E-state index >= 15 is 0 Å². The van der Waals surface area contributed by atoms with Crippen LogP contribution in [0.3, 0.4) is 0 Å². The average molecular weight is 208 g/mol. The van der Waals surface area contributed by atoms with E-state index in [0.29, 0.717) is 5.02 Å². The van der Waals surface area contributed by atoms with E-state index in [1.807, 2.05) is 25.2 Å². The Morgan fingerprint density at radius 3 is 3.00 bits per heavy atom. The van der Waals surface area contributed by atoms with Crippen molar-refractivity contribution < 1.29 is 0 Å². The number of nitrogens with zero attached hydrogens (tertiary/aromatic N) is 2. The summed E-state index contributed by atoms with van der Waals surface area (Å²) in [6, 6.07) is 5.65. The van der Waals surface area contributed by atoms with Crippen molar-refractivity contribution in [1.29, 1.82) is 0 Å². The van der Waals surface area contributed by atoms with Gasteiger partial charge in [0.1, 0.15) is 6.33 Å². The second-order valence-electron chi connectivity index (χ2n) is 3.01. The van der Waals surface area contributed by atoms with Gasteiger partial charge in [0.2, 0.25) is 0 Å². The molecule has 0 saturated carbocycles. The summed E-state index contributed by atoms with van der Waals surface area (Å²) in [7, 11) is 1.89. The van der Waals surface area contributed by atoms with Gasteiger partial charge in [-0.05, 0) is 25.2 Å². The van der Waals surface area contributed by atoms with Crippen molar-refractivity contribution in [2.75, 3.05) is 7.05 Å². The Kier molecular flexibility index (Phi) is 2.61. The van der Waals surface area contributed by atoms with Crippen LogP contribution in [0.15, 0.2) is 24.5 Å². The second-order valence-corrected chi connectivity index (χ2v) is 3.45. The number of hydrogen-bond acceptors (Lipinski definition) is 3. The molecule has 0 spiro atoms. The van der Waals surface area contributed by atoms with E-state index in [2.05, 4.69) is 15.3 Å². The lowest BCUT2D eigenvalue weighted by atomic mass is 10.2. The van der Waals surface area contributed by atoms with Gasteiger partial charge in [-0.1, -0.05) is 11.6 Å². The van der Waals surface area contributed by atoms with E-state index in [4.69, 9.17) is 11.6 Å². The van der Waals surface area contributed by atoms with Gasteiger partial charge in [-0.3, -0.25) is 0 Å². The molecule has 0 unspecified atom stereocenters. The van der Waals surface area contributed by atoms with Gasteiger partial charge in [0, 0.05) is 17.0 Å². The smallest absolute Gasteiger partial charge is 0.116 e. The Morgan fingerprint density at radius 1 is 1.36 bits per heavy atom. The van der Waals surface area contributed by atoms with Crippen LogP contribution in [0.4, 0.5) is 0 Å². The molecule has 72 valence electrons. The lowest BCUT2D eigenvalue weighted by Gasteiger charge is -2.03. The fourth-order valence-electron chi connectivity index (χ4n) is 1.39. The number of fused-ring (bicyclic) bond motifs is 1. The van der Waals surface area contributed by atoms with Crippen molar-refractivity contribution in [2.45, 2.75) is 6.54 Å². The van der Waals surface area contributed by atoms with Gasteiger partial charge >= 0.3 is 0 Å². The largest absolute Gasteiger partial charge is 0.314 e. The van der Waals surface area contributed by atoms with Crippen molar-refractivity contribution in [3.63, 3.8) is 0 Å². The van der Waals surface area contributed by atoms with Crippen molar-refractivity contribution in [3.05, 3.63) is 35.2 Å². The molecule has 0 aliphatic heterocycles. The molecule has 0 bridgehead atoms. The SMILES string of the molecule is CNCc1ncnc2cc(Cl)ccc12. The predicted molar refractivity (Wildman–Crippen MR) is 57.3 cm³/mol. The van der Waals surface area contributed by atoms with E-state index in [0.717, 1.165) is 23.1 Å². The molecule has 4 heteroatoms. The molecule has 3 nitrogen and oxygen atoms in total. The van der Waals surface area contributed by atoms with Crippen molar-refractivity contribution in [2.24, 2.45) is 0 Å². The van der Waals surface area contributed by atoms with Gasteiger partial charge < -0.3 is 5.32 Å². The third kappa shape index (κ3) is 1.69. The van der Waals surface area contributed by atoms with Gasteiger partial charge in [0.05, 0.1) is 11.2 Å². The van der Waals surface area contributed by atoms with Crippen LogP contribution in [-0.4, -0.2) is 17.0 Å². The normalized spacial score (nSPS) is 10.7. The minimum absolute atomic E-state index is 0.701. The minimum Gasteiger partial charge on any atom is -0.314 e. The highest BCUT2D eigenvalue weighted by atomic mass is 35.5. The summed E-state index contributed by atoms with van der Waals surface area (Å²) in [6.07, 6.45) is 1.56. The highest BCUT2D eigenvalue weighted by molar-refractivity contribution is 6.31. The lowest BCUT2D eigenvalue weighted by Crippen LogP contribution is -2.07. The number of rotatable bonds is 2. The first-order valence-electron chi connectivity index (χ1n) is 4.35. The molecule has 0 aliphatic rings. The lowest BCUT2D eigenvalue weighted by molar-refractivity contribution is 0.795. The monoisotopic (exact) mass is 207 g/mol. The molecule has 0 amide bonds. The Bertz CT molecular complexity index is 456. The number of nitrogens with one attached hydrogen (secondary N) is 1. The van der Waals surface area contributed by atoms with Crippen LogP contribution >= 0.6 is 11.6 Å².